The Morgan fingerprint density at radius 3 is 1.93 bits per heavy atom. The third kappa shape index (κ3) is 5.30. The number of benzene rings is 3. The minimum absolute atomic E-state index is 0.0253. The van der Waals surface area contributed by atoms with Crippen molar-refractivity contribution in [2.24, 2.45) is 0 Å². The lowest BCUT2D eigenvalue weighted by molar-refractivity contribution is -0.384. The summed E-state index contributed by atoms with van der Waals surface area (Å²) < 4.78 is 29.6. The molecule has 3 aromatic rings. The van der Waals surface area contributed by atoms with Crippen molar-refractivity contribution in [1.29, 1.82) is 0 Å². The van der Waals surface area contributed by atoms with E-state index in [0.717, 1.165) is 24.3 Å². The molecular weight excluding hydrogens is 398 g/mol. The Morgan fingerprint density at radius 1 is 0.828 bits per heavy atom. The van der Waals surface area contributed by atoms with E-state index in [2.05, 4.69) is 10.6 Å². The number of amides is 2. The number of anilines is 2. The fourth-order valence-corrected chi connectivity index (χ4v) is 3.25. The van der Waals surface area contributed by atoms with Crippen LogP contribution in [0.15, 0.2) is 83.8 Å². The van der Waals surface area contributed by atoms with Gasteiger partial charge >= 0.3 is 16.1 Å². The molecule has 9 nitrogen and oxygen atoms in total. The molecule has 29 heavy (non-hydrogen) atoms. The second-order valence-electron chi connectivity index (χ2n) is 5.76. The predicted molar refractivity (Wildman–Crippen MR) is 106 cm³/mol. The zero-order valence-electron chi connectivity index (χ0n) is 14.8. The minimum Gasteiger partial charge on any atom is -0.379 e. The van der Waals surface area contributed by atoms with E-state index in [1.54, 1.807) is 24.3 Å². The third-order valence-electron chi connectivity index (χ3n) is 3.69. The number of urea groups is 1. The summed E-state index contributed by atoms with van der Waals surface area (Å²) in [6, 6.07) is 18.5. The predicted octanol–water partition coefficient (Wildman–Crippen LogP) is 4.01. The zero-order valence-corrected chi connectivity index (χ0v) is 15.6. The van der Waals surface area contributed by atoms with E-state index < -0.39 is 21.1 Å². The summed E-state index contributed by atoms with van der Waals surface area (Å²) >= 11 is 0. The molecule has 0 aromatic heterocycles. The molecular formula is C19H15N3O6S. The van der Waals surface area contributed by atoms with Crippen LogP contribution in [0.3, 0.4) is 0 Å². The van der Waals surface area contributed by atoms with Crippen LogP contribution in [0.25, 0.3) is 0 Å². The Kier molecular flexibility index (Phi) is 5.74. The van der Waals surface area contributed by atoms with Crippen molar-refractivity contribution >= 4 is 33.2 Å². The van der Waals surface area contributed by atoms with Crippen LogP contribution in [0.2, 0.25) is 0 Å². The van der Waals surface area contributed by atoms with Crippen LogP contribution >= 0.6 is 0 Å². The Hall–Kier alpha value is -3.92. The van der Waals surface area contributed by atoms with E-state index in [4.69, 9.17) is 4.18 Å². The number of nitrogens with zero attached hydrogens (tertiary/aromatic N) is 1. The number of hydrogen-bond acceptors (Lipinski definition) is 6. The third-order valence-corrected chi connectivity index (χ3v) is 4.95. The molecule has 3 rings (SSSR count). The molecule has 0 aliphatic carbocycles. The topological polar surface area (TPSA) is 128 Å². The number of rotatable bonds is 6. The molecule has 0 radical (unpaired) electrons. The fraction of sp³-hybridized carbons (Fsp3) is 0. The van der Waals surface area contributed by atoms with Crippen molar-refractivity contribution in [3.8, 4) is 5.75 Å². The van der Waals surface area contributed by atoms with Gasteiger partial charge in [-0.05, 0) is 48.5 Å². The smallest absolute Gasteiger partial charge is 0.339 e. The summed E-state index contributed by atoms with van der Waals surface area (Å²) in [6.45, 7) is 0. The fourth-order valence-electron chi connectivity index (χ4n) is 2.32. The Balaban J connectivity index is 1.63. The van der Waals surface area contributed by atoms with E-state index in [1.807, 2.05) is 6.07 Å². The van der Waals surface area contributed by atoms with Gasteiger partial charge in [-0.1, -0.05) is 18.2 Å². The number of nitrogens with one attached hydrogen (secondary N) is 2. The molecule has 0 aliphatic heterocycles. The van der Waals surface area contributed by atoms with Gasteiger partial charge in [-0.15, -0.1) is 0 Å². The van der Waals surface area contributed by atoms with Crippen LogP contribution in [0.1, 0.15) is 0 Å². The molecule has 2 amide bonds. The maximum Gasteiger partial charge on any atom is 0.339 e. The first-order valence-corrected chi connectivity index (χ1v) is 9.66. The molecule has 2 N–H and O–H groups in total. The Labute approximate surface area is 166 Å². The van der Waals surface area contributed by atoms with Gasteiger partial charge in [-0.3, -0.25) is 10.1 Å². The molecule has 0 saturated carbocycles. The van der Waals surface area contributed by atoms with E-state index in [0.29, 0.717) is 11.4 Å². The highest BCUT2D eigenvalue weighted by molar-refractivity contribution is 7.87. The van der Waals surface area contributed by atoms with Crippen LogP contribution in [0, 0.1) is 10.1 Å². The summed E-state index contributed by atoms with van der Waals surface area (Å²) in [5.41, 5.74) is 0.825. The van der Waals surface area contributed by atoms with Crippen LogP contribution in [-0.2, 0) is 10.1 Å². The van der Waals surface area contributed by atoms with Crippen molar-refractivity contribution in [2.75, 3.05) is 10.6 Å². The normalized spacial score (nSPS) is 10.8. The Morgan fingerprint density at radius 2 is 1.38 bits per heavy atom. The average Bonchev–Trinajstić information content (AvgIpc) is 2.70. The maximum absolute atomic E-state index is 12.3. The molecule has 0 aliphatic rings. The number of nitro groups is 1. The number of non-ortho nitro benzene ring substituents is 1. The standard InChI is InChI=1S/C19H15N3O6S/c23-19(20-14-4-2-1-3-5-14)21-15-6-10-17(11-7-15)28-29(26,27)18-12-8-16(9-13-18)22(24)25/h1-13H,(H2,20,21,23). The summed E-state index contributed by atoms with van der Waals surface area (Å²) in [4.78, 5) is 21.8. The zero-order chi connectivity index (χ0) is 20.9. The van der Waals surface area contributed by atoms with E-state index in [-0.39, 0.29) is 16.3 Å². The minimum atomic E-state index is -4.15. The van der Waals surface area contributed by atoms with Gasteiger partial charge in [0.05, 0.1) is 4.92 Å². The summed E-state index contributed by atoms with van der Waals surface area (Å²) in [5, 5.41) is 15.9. The molecule has 0 unspecified atom stereocenters. The van der Waals surface area contributed by atoms with Crippen LogP contribution < -0.4 is 14.8 Å². The largest absolute Gasteiger partial charge is 0.379 e. The molecule has 0 saturated heterocycles. The molecule has 10 heteroatoms. The van der Waals surface area contributed by atoms with Gasteiger partial charge in [0.1, 0.15) is 10.6 Å². The van der Waals surface area contributed by atoms with Gasteiger partial charge < -0.3 is 14.8 Å². The summed E-state index contributed by atoms with van der Waals surface area (Å²) in [6.07, 6.45) is 0. The lowest BCUT2D eigenvalue weighted by atomic mass is 10.3. The summed E-state index contributed by atoms with van der Waals surface area (Å²) in [7, 11) is -4.15. The van der Waals surface area contributed by atoms with E-state index in [9.17, 15) is 23.3 Å². The monoisotopic (exact) mass is 413 g/mol. The van der Waals surface area contributed by atoms with Crippen molar-refractivity contribution in [2.45, 2.75) is 4.90 Å². The van der Waals surface area contributed by atoms with Crippen LogP contribution in [-0.4, -0.2) is 19.4 Å². The highest BCUT2D eigenvalue weighted by atomic mass is 32.2. The number of hydrogen-bond donors (Lipinski definition) is 2. The van der Waals surface area contributed by atoms with Gasteiger partial charge in [-0.2, -0.15) is 8.42 Å². The molecule has 0 heterocycles. The Bertz CT molecular complexity index is 1110. The first kappa shape index (κ1) is 19.8. The molecule has 0 spiro atoms. The highest BCUT2D eigenvalue weighted by Crippen LogP contribution is 2.22. The molecule has 0 fully saturated rings. The maximum atomic E-state index is 12.3. The van der Waals surface area contributed by atoms with Gasteiger partial charge in [0.15, 0.2) is 0 Å². The lowest BCUT2D eigenvalue weighted by Gasteiger charge is -2.09. The van der Waals surface area contributed by atoms with Gasteiger partial charge in [-0.25, -0.2) is 4.79 Å². The van der Waals surface area contributed by atoms with Crippen molar-refractivity contribution in [3.63, 3.8) is 0 Å². The van der Waals surface area contributed by atoms with Gasteiger partial charge in [0.25, 0.3) is 5.69 Å². The lowest BCUT2D eigenvalue weighted by Crippen LogP contribution is -2.19. The van der Waals surface area contributed by atoms with Crippen LogP contribution in [0.5, 0.6) is 5.75 Å². The van der Waals surface area contributed by atoms with Crippen molar-refractivity contribution < 1.29 is 22.3 Å². The van der Waals surface area contributed by atoms with Crippen LogP contribution in [0.4, 0.5) is 21.9 Å². The average molecular weight is 413 g/mol. The van der Waals surface area contributed by atoms with Gasteiger partial charge in [0, 0.05) is 23.5 Å². The number of para-hydroxylation sites is 1. The molecule has 0 atom stereocenters. The first-order valence-electron chi connectivity index (χ1n) is 8.25. The van der Waals surface area contributed by atoms with Gasteiger partial charge in [0.2, 0.25) is 0 Å². The molecule has 148 valence electrons. The molecule has 0 bridgehead atoms. The van der Waals surface area contributed by atoms with E-state index in [1.165, 1.54) is 24.3 Å². The quantitative estimate of drug-likeness (QED) is 0.357. The molecule has 3 aromatic carbocycles. The van der Waals surface area contributed by atoms with Crippen molar-refractivity contribution in [1.82, 2.24) is 0 Å². The van der Waals surface area contributed by atoms with Crippen molar-refractivity contribution in [3.05, 3.63) is 89.0 Å². The summed E-state index contributed by atoms with van der Waals surface area (Å²) in [5.74, 6) is 0.0253. The van der Waals surface area contributed by atoms with E-state index >= 15 is 0 Å². The SMILES string of the molecule is O=C(Nc1ccccc1)Nc1ccc(OS(=O)(=O)c2ccc([N+](=O)[O-])cc2)cc1. The number of carbonyl (C=O) groups is 1. The second kappa shape index (κ2) is 8.40. The number of nitro benzene ring substituents is 1. The number of carbonyl (C=O) groups excluding carboxylic acids is 1. The first-order chi connectivity index (χ1) is 13.8. The second-order valence-corrected chi connectivity index (χ2v) is 7.30. The highest BCUT2D eigenvalue weighted by Gasteiger charge is 2.18.